The van der Waals surface area contributed by atoms with Crippen molar-refractivity contribution < 1.29 is 13.2 Å². The van der Waals surface area contributed by atoms with E-state index >= 15 is 0 Å². The highest BCUT2D eigenvalue weighted by Gasteiger charge is 2.19. The summed E-state index contributed by atoms with van der Waals surface area (Å²) in [5, 5.41) is 0. The summed E-state index contributed by atoms with van der Waals surface area (Å²) in [6.45, 7) is -2.23. The van der Waals surface area contributed by atoms with E-state index in [0.717, 1.165) is 11.3 Å². The Morgan fingerprint density at radius 3 is 2.26 bits per heavy atom. The first-order valence-electron chi connectivity index (χ1n) is 6.49. The van der Waals surface area contributed by atoms with Crippen molar-refractivity contribution >= 4 is 11.6 Å². The van der Waals surface area contributed by atoms with Gasteiger partial charge in [0, 0.05) is 0 Å². The fourth-order valence-corrected chi connectivity index (χ4v) is 2.67. The van der Waals surface area contributed by atoms with Gasteiger partial charge in [0.15, 0.2) is 0 Å². The van der Waals surface area contributed by atoms with E-state index in [9.17, 15) is 13.2 Å². The first-order chi connectivity index (χ1) is 9.26. The lowest BCUT2D eigenvalue weighted by atomic mass is 9.83. The first kappa shape index (κ1) is 16.3. The maximum Gasteiger partial charge on any atom is 0.229 e. The van der Waals surface area contributed by atoms with E-state index in [4.69, 9.17) is 11.6 Å². The zero-order chi connectivity index (χ0) is 14.1. The van der Waals surface area contributed by atoms with Crippen LogP contribution in [0.4, 0.5) is 13.2 Å². The Bertz CT molecular complexity index is 368. The zero-order valence-corrected chi connectivity index (χ0v) is 11.6. The van der Waals surface area contributed by atoms with Gasteiger partial charge in [0.2, 0.25) is 6.93 Å². The van der Waals surface area contributed by atoms with Gasteiger partial charge >= 0.3 is 0 Å². The van der Waals surface area contributed by atoms with E-state index in [1.54, 1.807) is 0 Å². The summed E-state index contributed by atoms with van der Waals surface area (Å²) >= 11 is 5.71. The van der Waals surface area contributed by atoms with E-state index in [-0.39, 0.29) is 0 Å². The number of alkyl halides is 4. The maximum atomic E-state index is 13.0. The van der Waals surface area contributed by atoms with Crippen LogP contribution in [0.25, 0.3) is 0 Å². The van der Waals surface area contributed by atoms with Gasteiger partial charge in [-0.25, -0.2) is 13.2 Å². The molecule has 1 aromatic rings. The van der Waals surface area contributed by atoms with Gasteiger partial charge < -0.3 is 0 Å². The lowest BCUT2D eigenvalue weighted by Gasteiger charge is -2.23. The van der Waals surface area contributed by atoms with Crippen LogP contribution in [0.3, 0.4) is 0 Å². The molecule has 0 aromatic carbocycles. The molecule has 1 heterocycles. The Kier molecular flexibility index (Phi) is 7.87. The molecule has 5 heteroatoms. The monoisotopic (exact) mass is 293 g/mol. The molecule has 0 radical (unpaired) electrons. The van der Waals surface area contributed by atoms with E-state index in [1.807, 2.05) is 12.1 Å². The summed E-state index contributed by atoms with van der Waals surface area (Å²) in [6, 6.07) is 3.95. The third-order valence-electron chi connectivity index (χ3n) is 3.38. The fourth-order valence-electron chi connectivity index (χ4n) is 2.52. The standard InChI is InChI=1S/C13H17ClFN.CH2F2/c14-8-11-6-7-12(13(9-15)16-11)10-4-2-1-3-5-10;2-1-3/h6-7,10H,1-5,8-9H2;1H2. The molecule has 1 fully saturated rings. The number of pyridine rings is 1. The minimum Gasteiger partial charge on any atom is -0.254 e. The number of hydrogen-bond donors (Lipinski definition) is 0. The molecule has 0 unspecified atom stereocenters. The molecule has 1 aliphatic carbocycles. The third-order valence-corrected chi connectivity index (χ3v) is 3.65. The van der Waals surface area contributed by atoms with Gasteiger partial charge in [0.05, 0.1) is 17.3 Å². The Hall–Kier alpha value is -0.770. The first-order valence-corrected chi connectivity index (χ1v) is 7.02. The minimum absolute atomic E-state index is 0.359. The molecule has 1 saturated carbocycles. The molecular formula is C14H19ClF3N. The second-order valence-electron chi connectivity index (χ2n) is 4.54. The van der Waals surface area contributed by atoms with Gasteiger partial charge in [-0.05, 0) is 30.4 Å². The molecule has 0 aliphatic heterocycles. The lowest BCUT2D eigenvalue weighted by Crippen LogP contribution is -2.09. The Morgan fingerprint density at radius 2 is 1.74 bits per heavy atom. The molecule has 0 saturated heterocycles. The predicted molar refractivity (Wildman–Crippen MR) is 71.5 cm³/mol. The van der Waals surface area contributed by atoms with Gasteiger partial charge in [-0.3, -0.25) is 4.98 Å². The Labute approximate surface area is 117 Å². The van der Waals surface area contributed by atoms with E-state index < -0.39 is 13.6 Å². The van der Waals surface area contributed by atoms with Crippen LogP contribution in [0.5, 0.6) is 0 Å². The van der Waals surface area contributed by atoms with Crippen LogP contribution in [0, 0.1) is 0 Å². The van der Waals surface area contributed by atoms with Crippen molar-refractivity contribution in [3.8, 4) is 0 Å². The molecule has 1 aromatic heterocycles. The Balaban J connectivity index is 0.000000550. The van der Waals surface area contributed by atoms with Crippen LogP contribution >= 0.6 is 11.6 Å². The quantitative estimate of drug-likeness (QED) is 0.696. The molecule has 2 rings (SSSR count). The molecule has 1 aliphatic rings. The second kappa shape index (κ2) is 9.18. The van der Waals surface area contributed by atoms with Gasteiger partial charge in [0.25, 0.3) is 0 Å². The van der Waals surface area contributed by atoms with E-state index in [1.165, 1.54) is 32.1 Å². The summed E-state index contributed by atoms with van der Waals surface area (Å²) in [5.41, 5.74) is 2.48. The van der Waals surface area contributed by atoms with Crippen LogP contribution in [-0.4, -0.2) is 11.9 Å². The highest BCUT2D eigenvalue weighted by atomic mass is 35.5. The average molecular weight is 294 g/mol. The van der Waals surface area contributed by atoms with Crippen LogP contribution in [0.2, 0.25) is 0 Å². The van der Waals surface area contributed by atoms with Crippen LogP contribution in [0.1, 0.15) is 55.0 Å². The van der Waals surface area contributed by atoms with Crippen molar-refractivity contribution in [3.63, 3.8) is 0 Å². The molecule has 0 N–H and O–H groups in total. The Morgan fingerprint density at radius 1 is 1.11 bits per heavy atom. The van der Waals surface area contributed by atoms with Crippen LogP contribution in [-0.2, 0) is 12.6 Å². The lowest BCUT2D eigenvalue weighted by molar-refractivity contribution is 0.295. The third kappa shape index (κ3) is 5.01. The largest absolute Gasteiger partial charge is 0.254 e. The normalized spacial score (nSPS) is 15.8. The zero-order valence-electron chi connectivity index (χ0n) is 10.8. The molecular weight excluding hydrogens is 275 g/mol. The summed E-state index contributed by atoms with van der Waals surface area (Å²) in [4.78, 5) is 4.28. The number of halogens is 4. The number of nitrogens with zero attached hydrogens (tertiary/aromatic N) is 1. The van der Waals surface area contributed by atoms with Crippen molar-refractivity contribution in [1.82, 2.24) is 4.98 Å². The van der Waals surface area contributed by atoms with Crippen molar-refractivity contribution in [3.05, 3.63) is 29.1 Å². The molecule has 0 bridgehead atoms. The summed E-state index contributed by atoms with van der Waals surface area (Å²) in [5.74, 6) is 0.870. The second-order valence-corrected chi connectivity index (χ2v) is 4.81. The number of aromatic nitrogens is 1. The van der Waals surface area contributed by atoms with Crippen molar-refractivity contribution in [1.29, 1.82) is 0 Å². The summed E-state index contributed by atoms with van der Waals surface area (Å²) in [7, 11) is 0. The van der Waals surface area contributed by atoms with Gasteiger partial charge in [-0.15, -0.1) is 11.6 Å². The highest BCUT2D eigenvalue weighted by Crippen LogP contribution is 2.34. The van der Waals surface area contributed by atoms with Crippen LogP contribution in [0.15, 0.2) is 12.1 Å². The number of hydrogen-bond acceptors (Lipinski definition) is 1. The van der Waals surface area contributed by atoms with Crippen LogP contribution < -0.4 is 0 Å². The average Bonchev–Trinajstić information content (AvgIpc) is 2.48. The fraction of sp³-hybridized carbons (Fsp3) is 0.643. The molecule has 19 heavy (non-hydrogen) atoms. The maximum absolute atomic E-state index is 13.0. The highest BCUT2D eigenvalue weighted by molar-refractivity contribution is 6.16. The van der Waals surface area contributed by atoms with Crippen molar-refractivity contribution in [2.75, 3.05) is 6.93 Å². The molecule has 1 nitrogen and oxygen atoms in total. The summed E-state index contributed by atoms with van der Waals surface area (Å²) < 4.78 is 32.2. The van der Waals surface area contributed by atoms with E-state index in [2.05, 4.69) is 4.98 Å². The van der Waals surface area contributed by atoms with Gasteiger partial charge in [-0.2, -0.15) is 0 Å². The molecule has 0 spiro atoms. The van der Waals surface area contributed by atoms with Crippen molar-refractivity contribution in [2.24, 2.45) is 0 Å². The number of rotatable bonds is 3. The molecule has 0 amide bonds. The molecule has 108 valence electrons. The smallest absolute Gasteiger partial charge is 0.229 e. The topological polar surface area (TPSA) is 12.9 Å². The molecule has 0 atom stereocenters. The predicted octanol–water partition coefficient (Wildman–Crippen LogP) is 5.22. The SMILES string of the molecule is FCF.FCc1nc(CCl)ccc1C1CCCCC1. The van der Waals surface area contributed by atoms with Crippen molar-refractivity contribution in [2.45, 2.75) is 50.6 Å². The van der Waals surface area contributed by atoms with E-state index in [0.29, 0.717) is 17.5 Å². The summed E-state index contributed by atoms with van der Waals surface area (Å²) in [6.07, 6.45) is 6.18. The van der Waals surface area contributed by atoms with Gasteiger partial charge in [0.1, 0.15) is 6.67 Å². The van der Waals surface area contributed by atoms with Gasteiger partial charge in [-0.1, -0.05) is 25.3 Å². The minimum atomic E-state index is -1.75.